The molecule has 2 aromatic rings. The highest BCUT2D eigenvalue weighted by Crippen LogP contribution is 2.32. The van der Waals surface area contributed by atoms with E-state index in [2.05, 4.69) is 0 Å². The van der Waals surface area contributed by atoms with Gasteiger partial charge < -0.3 is 18.9 Å². The molecular weight excluding hydrogens is 502 g/mol. The first-order valence-electron chi connectivity index (χ1n) is 11.7. The first-order chi connectivity index (χ1) is 17.5. The molecule has 4 atom stereocenters. The second-order valence-electron chi connectivity index (χ2n) is 8.75. The summed E-state index contributed by atoms with van der Waals surface area (Å²) in [4.78, 5) is 35.9. The minimum Gasteiger partial charge on any atom is -0.457 e. The van der Waals surface area contributed by atoms with Crippen LogP contribution < -0.4 is 0 Å². The molecule has 0 aliphatic carbocycles. The molecule has 1 aliphatic heterocycles. The zero-order valence-electron chi connectivity index (χ0n) is 21.2. The number of nitrogens with zero attached hydrogens (tertiary/aromatic N) is 1. The van der Waals surface area contributed by atoms with Crippen LogP contribution >= 0.6 is 0 Å². The van der Waals surface area contributed by atoms with Gasteiger partial charge in [-0.2, -0.15) is 4.31 Å². The highest BCUT2D eigenvalue weighted by molar-refractivity contribution is 7.89. The van der Waals surface area contributed by atoms with Gasteiger partial charge in [0, 0.05) is 20.8 Å². The standard InChI is InChI=1S/C26H31NO9S/c1-17-10-12-22(13-11-17)37(31,32)27-14-24(34-18(2)28)26(36-20(4)30)25(35-19(3)29)23(27)16-33-15-21-8-6-5-7-9-21/h5-13,23-26H,14-16H2,1-4H3/t23-,24+,25+,26+/m1/s1. The number of carbonyl (C=O) groups excluding carboxylic acids is 3. The van der Waals surface area contributed by atoms with Crippen molar-refractivity contribution in [3.05, 3.63) is 65.7 Å². The van der Waals surface area contributed by atoms with E-state index in [0.717, 1.165) is 36.2 Å². The Morgan fingerprint density at radius 1 is 0.838 bits per heavy atom. The van der Waals surface area contributed by atoms with Gasteiger partial charge in [-0.25, -0.2) is 8.42 Å². The molecule has 0 spiro atoms. The highest BCUT2D eigenvalue weighted by Gasteiger charge is 2.53. The first-order valence-corrected chi connectivity index (χ1v) is 13.1. The average Bonchev–Trinajstić information content (AvgIpc) is 2.82. The molecule has 0 amide bonds. The van der Waals surface area contributed by atoms with Crippen LogP contribution in [0.4, 0.5) is 0 Å². The molecule has 200 valence electrons. The molecule has 0 unspecified atom stereocenters. The minimum atomic E-state index is -4.18. The molecule has 37 heavy (non-hydrogen) atoms. The van der Waals surface area contributed by atoms with Crippen LogP contribution in [0, 0.1) is 6.92 Å². The molecule has 1 heterocycles. The lowest BCUT2D eigenvalue weighted by Crippen LogP contribution is -2.66. The van der Waals surface area contributed by atoms with E-state index in [1.807, 2.05) is 37.3 Å². The topological polar surface area (TPSA) is 126 Å². The Morgan fingerprint density at radius 3 is 1.97 bits per heavy atom. The Labute approximate surface area is 216 Å². The van der Waals surface area contributed by atoms with Gasteiger partial charge >= 0.3 is 17.9 Å². The third kappa shape index (κ3) is 7.37. The molecule has 2 aromatic carbocycles. The van der Waals surface area contributed by atoms with Crippen molar-refractivity contribution in [1.82, 2.24) is 4.31 Å². The third-order valence-corrected chi connectivity index (χ3v) is 7.65. The van der Waals surface area contributed by atoms with Crippen molar-refractivity contribution in [3.63, 3.8) is 0 Å². The number of carbonyl (C=O) groups is 3. The lowest BCUT2D eigenvalue weighted by molar-refractivity contribution is -0.201. The molecule has 0 N–H and O–H groups in total. The summed E-state index contributed by atoms with van der Waals surface area (Å²) in [7, 11) is -4.18. The summed E-state index contributed by atoms with van der Waals surface area (Å²) in [6.45, 7) is 4.92. The number of esters is 3. The van der Waals surface area contributed by atoms with Crippen LogP contribution in [0.15, 0.2) is 59.5 Å². The Hall–Kier alpha value is -3.28. The quantitative estimate of drug-likeness (QED) is 0.353. The molecule has 0 bridgehead atoms. The van der Waals surface area contributed by atoms with Gasteiger partial charge in [-0.3, -0.25) is 14.4 Å². The van der Waals surface area contributed by atoms with Gasteiger partial charge in [0.1, 0.15) is 0 Å². The zero-order chi connectivity index (χ0) is 27.2. The number of hydrogen-bond donors (Lipinski definition) is 0. The van der Waals surface area contributed by atoms with Crippen molar-refractivity contribution >= 4 is 27.9 Å². The second-order valence-corrected chi connectivity index (χ2v) is 10.6. The normalized spacial score (nSPS) is 22.2. The Morgan fingerprint density at radius 2 is 1.41 bits per heavy atom. The predicted molar refractivity (Wildman–Crippen MR) is 132 cm³/mol. The lowest BCUT2D eigenvalue weighted by atomic mass is 9.95. The van der Waals surface area contributed by atoms with Crippen LogP contribution in [-0.2, 0) is 50.0 Å². The number of rotatable bonds is 9. The molecule has 11 heteroatoms. The summed E-state index contributed by atoms with van der Waals surface area (Å²) in [5, 5.41) is 0. The SMILES string of the molecule is CC(=O)O[C@@H]1[C@@H](OC(C)=O)[C@@H](COCc2ccccc2)N(S(=O)(=O)c2ccc(C)cc2)C[C@@H]1OC(C)=O. The van der Waals surface area contributed by atoms with Gasteiger partial charge in [-0.15, -0.1) is 0 Å². The van der Waals surface area contributed by atoms with Crippen LogP contribution in [0.2, 0.25) is 0 Å². The molecule has 0 radical (unpaired) electrons. The smallest absolute Gasteiger partial charge is 0.303 e. The van der Waals surface area contributed by atoms with Crippen molar-refractivity contribution in [2.45, 2.75) is 63.6 Å². The fraction of sp³-hybridized carbons (Fsp3) is 0.423. The van der Waals surface area contributed by atoms with Crippen LogP contribution in [0.25, 0.3) is 0 Å². The van der Waals surface area contributed by atoms with Gasteiger partial charge in [-0.1, -0.05) is 48.0 Å². The molecule has 0 saturated carbocycles. The summed E-state index contributed by atoms with van der Waals surface area (Å²) in [6.07, 6.45) is -3.79. The molecular formula is C26H31NO9S. The molecule has 10 nitrogen and oxygen atoms in total. The number of ether oxygens (including phenoxy) is 4. The fourth-order valence-electron chi connectivity index (χ4n) is 4.17. The van der Waals surface area contributed by atoms with Crippen molar-refractivity contribution in [2.75, 3.05) is 13.2 Å². The summed E-state index contributed by atoms with van der Waals surface area (Å²) >= 11 is 0. The Kier molecular flexibility index (Phi) is 9.41. The zero-order valence-corrected chi connectivity index (χ0v) is 22.0. The van der Waals surface area contributed by atoms with E-state index >= 15 is 0 Å². The van der Waals surface area contributed by atoms with E-state index < -0.39 is 52.3 Å². The van der Waals surface area contributed by atoms with Gasteiger partial charge in [0.15, 0.2) is 18.3 Å². The summed E-state index contributed by atoms with van der Waals surface area (Å²) in [6, 6.07) is 14.4. The average molecular weight is 534 g/mol. The van der Waals surface area contributed by atoms with Crippen LogP contribution in [0.1, 0.15) is 31.9 Å². The number of sulfonamides is 1. The molecule has 1 aliphatic rings. The monoisotopic (exact) mass is 533 g/mol. The van der Waals surface area contributed by atoms with Gasteiger partial charge in [-0.05, 0) is 24.6 Å². The maximum absolute atomic E-state index is 13.8. The first kappa shape index (κ1) is 28.3. The van der Waals surface area contributed by atoms with E-state index in [-0.39, 0.29) is 24.7 Å². The van der Waals surface area contributed by atoms with Crippen molar-refractivity contribution < 1.29 is 41.7 Å². The predicted octanol–water partition coefficient (Wildman–Crippen LogP) is 2.38. The number of aryl methyl sites for hydroxylation is 1. The maximum atomic E-state index is 13.8. The van der Waals surface area contributed by atoms with Gasteiger partial charge in [0.2, 0.25) is 10.0 Å². The van der Waals surface area contributed by atoms with Crippen LogP contribution in [-0.4, -0.2) is 68.1 Å². The van der Waals surface area contributed by atoms with Crippen LogP contribution in [0.3, 0.4) is 0 Å². The Balaban J connectivity index is 2.05. The van der Waals surface area contributed by atoms with E-state index in [1.165, 1.54) is 12.1 Å². The van der Waals surface area contributed by atoms with Crippen molar-refractivity contribution in [2.24, 2.45) is 0 Å². The molecule has 1 fully saturated rings. The Bertz CT molecular complexity index is 1200. The molecule has 1 saturated heterocycles. The maximum Gasteiger partial charge on any atom is 0.303 e. The number of piperidine rings is 1. The van der Waals surface area contributed by atoms with Crippen molar-refractivity contribution in [3.8, 4) is 0 Å². The van der Waals surface area contributed by atoms with Crippen molar-refractivity contribution in [1.29, 1.82) is 0 Å². The minimum absolute atomic E-state index is 0.000227. The largest absolute Gasteiger partial charge is 0.457 e. The van der Waals surface area contributed by atoms with E-state index in [0.29, 0.717) is 0 Å². The third-order valence-electron chi connectivity index (χ3n) is 5.75. The molecule has 0 aromatic heterocycles. The van der Waals surface area contributed by atoms with Gasteiger partial charge in [0.25, 0.3) is 0 Å². The lowest BCUT2D eigenvalue weighted by Gasteiger charge is -2.46. The van der Waals surface area contributed by atoms with Gasteiger partial charge in [0.05, 0.1) is 30.7 Å². The van der Waals surface area contributed by atoms with E-state index in [1.54, 1.807) is 12.1 Å². The van der Waals surface area contributed by atoms with E-state index in [9.17, 15) is 22.8 Å². The fourth-order valence-corrected chi connectivity index (χ4v) is 5.80. The molecule has 3 rings (SSSR count). The number of hydrogen-bond acceptors (Lipinski definition) is 9. The summed E-state index contributed by atoms with van der Waals surface area (Å²) < 4.78 is 50.9. The summed E-state index contributed by atoms with van der Waals surface area (Å²) in [5.74, 6) is -2.15. The van der Waals surface area contributed by atoms with Crippen LogP contribution in [0.5, 0.6) is 0 Å². The second kappa shape index (κ2) is 12.3. The summed E-state index contributed by atoms with van der Waals surface area (Å²) in [5.41, 5.74) is 1.72. The highest BCUT2D eigenvalue weighted by atomic mass is 32.2. The number of benzene rings is 2. The van der Waals surface area contributed by atoms with E-state index in [4.69, 9.17) is 18.9 Å².